The first-order chi connectivity index (χ1) is 4.00. The summed E-state index contributed by atoms with van der Waals surface area (Å²) in [6, 6.07) is 0. The fourth-order valence-electron chi connectivity index (χ4n) is 0. The van der Waals surface area contributed by atoms with Gasteiger partial charge in [0.15, 0.2) is 0 Å². The predicted octanol–water partition coefficient (Wildman–Crippen LogP) is 1.62. The van der Waals surface area contributed by atoms with Crippen molar-refractivity contribution >= 4 is 11.7 Å². The Hall–Kier alpha value is -0.860. The van der Waals surface area contributed by atoms with Crippen LogP contribution in [0.25, 0.3) is 0 Å². The van der Waals surface area contributed by atoms with Crippen molar-refractivity contribution in [3.05, 3.63) is 0 Å². The maximum Gasteiger partial charge on any atom is 0.216 e. The van der Waals surface area contributed by atoms with Gasteiger partial charge in [-0.15, -0.1) is 0 Å². The van der Waals surface area contributed by atoms with Gasteiger partial charge in [-0.25, -0.2) is 0 Å². The lowest BCUT2D eigenvalue weighted by Gasteiger charge is -1.80. The molecule has 0 saturated heterocycles. The zero-order valence-corrected chi connectivity index (χ0v) is 6.32. The Morgan fingerprint density at radius 3 is 1.09 bits per heavy atom. The highest BCUT2D eigenvalue weighted by Gasteiger charge is 1.72. The number of carbonyl (C=O) groups excluding carboxylic acids is 2. The van der Waals surface area contributed by atoms with Crippen LogP contribution in [-0.2, 0) is 9.59 Å². The lowest BCUT2D eigenvalue weighted by Crippen LogP contribution is -2.11. The minimum atomic E-state index is 0. The maximum absolute atomic E-state index is 9.70. The van der Waals surface area contributed by atoms with Crippen molar-refractivity contribution < 1.29 is 9.59 Å². The molecule has 0 radical (unpaired) electrons. The molecule has 0 aliphatic heterocycles. The van der Waals surface area contributed by atoms with Gasteiger partial charge in [-0.2, -0.15) is 0 Å². The van der Waals surface area contributed by atoms with E-state index in [0.717, 1.165) is 0 Å². The molecule has 0 atom stereocenters. The molecule has 0 aliphatic carbocycles. The first kappa shape index (κ1) is 22.5. The minimum Gasteiger partial charge on any atom is -0.359 e. The molecule has 3 heteroatoms. The first-order valence-electron chi connectivity index (χ1n) is 2.66. The second kappa shape index (κ2) is 16.1. The van der Waals surface area contributed by atoms with Crippen molar-refractivity contribution in [3.63, 3.8) is 0 Å². The molecule has 1 N–H and O–H groups in total. The SMILES string of the molecule is C.C.CC(C)=O.CNC(C)=O. The molecule has 0 bridgehead atoms. The molecule has 0 saturated carbocycles. The molecular formula is C8H21NO2. The van der Waals surface area contributed by atoms with E-state index in [-0.39, 0.29) is 26.5 Å². The summed E-state index contributed by atoms with van der Waals surface area (Å²) in [5.74, 6) is 0.171. The summed E-state index contributed by atoms with van der Waals surface area (Å²) in [5, 5.41) is 2.39. The van der Waals surface area contributed by atoms with Crippen molar-refractivity contribution in [2.45, 2.75) is 35.6 Å². The van der Waals surface area contributed by atoms with Crippen LogP contribution in [-0.4, -0.2) is 18.7 Å². The Bertz CT molecular complexity index is 96.3. The van der Waals surface area contributed by atoms with Gasteiger partial charge in [0.1, 0.15) is 5.78 Å². The number of rotatable bonds is 0. The summed E-state index contributed by atoms with van der Waals surface area (Å²) >= 11 is 0. The second-order valence-electron chi connectivity index (χ2n) is 1.71. The monoisotopic (exact) mass is 163 g/mol. The van der Waals surface area contributed by atoms with Crippen LogP contribution in [0, 0.1) is 0 Å². The van der Waals surface area contributed by atoms with E-state index < -0.39 is 0 Å². The summed E-state index contributed by atoms with van der Waals surface area (Å²) in [7, 11) is 1.60. The lowest BCUT2D eigenvalue weighted by molar-refractivity contribution is -0.118. The van der Waals surface area contributed by atoms with E-state index in [1.165, 1.54) is 20.8 Å². The van der Waals surface area contributed by atoms with Crippen molar-refractivity contribution in [2.24, 2.45) is 0 Å². The number of hydrogen-bond acceptors (Lipinski definition) is 2. The third kappa shape index (κ3) is 359. The zero-order chi connectivity index (χ0) is 7.86. The molecule has 0 aromatic carbocycles. The van der Waals surface area contributed by atoms with Gasteiger partial charge in [0.2, 0.25) is 5.91 Å². The predicted molar refractivity (Wildman–Crippen MR) is 49.6 cm³/mol. The average Bonchev–Trinajstić information content (AvgIpc) is 1.65. The number of hydrogen-bond donors (Lipinski definition) is 1. The number of amides is 1. The molecule has 0 aromatic rings. The van der Waals surface area contributed by atoms with Crippen LogP contribution >= 0.6 is 0 Å². The molecule has 1 amide bonds. The van der Waals surface area contributed by atoms with Gasteiger partial charge in [-0.1, -0.05) is 14.9 Å². The minimum absolute atomic E-state index is 0. The third-order valence-electron chi connectivity index (χ3n) is 0.352. The third-order valence-corrected chi connectivity index (χ3v) is 0.352. The summed E-state index contributed by atoms with van der Waals surface area (Å²) in [5.41, 5.74) is 0. The molecule has 0 spiro atoms. The van der Waals surface area contributed by atoms with Crippen LogP contribution in [0.3, 0.4) is 0 Å². The van der Waals surface area contributed by atoms with E-state index in [9.17, 15) is 9.59 Å². The van der Waals surface area contributed by atoms with Gasteiger partial charge in [0, 0.05) is 14.0 Å². The smallest absolute Gasteiger partial charge is 0.216 e. The Morgan fingerprint density at radius 1 is 1.00 bits per heavy atom. The van der Waals surface area contributed by atoms with Crippen molar-refractivity contribution in [1.82, 2.24) is 5.32 Å². The van der Waals surface area contributed by atoms with Gasteiger partial charge in [-0.05, 0) is 13.8 Å². The van der Waals surface area contributed by atoms with Gasteiger partial charge in [-0.3, -0.25) is 4.79 Å². The second-order valence-corrected chi connectivity index (χ2v) is 1.71. The maximum atomic E-state index is 9.70. The first-order valence-corrected chi connectivity index (χ1v) is 2.66. The molecule has 0 unspecified atom stereocenters. The molecule has 11 heavy (non-hydrogen) atoms. The van der Waals surface area contributed by atoms with Crippen LogP contribution in [0.15, 0.2) is 0 Å². The van der Waals surface area contributed by atoms with E-state index >= 15 is 0 Å². The summed E-state index contributed by atoms with van der Waals surface area (Å²) in [4.78, 5) is 19.1. The number of ketones is 1. The standard InChI is InChI=1S/C3H7NO.C3H6O.2CH4/c1-3(5)4-2;1-3(2)4;;/h1-2H3,(H,4,5);1-2H3;2*1H4. The van der Waals surface area contributed by atoms with Crippen LogP contribution in [0.4, 0.5) is 0 Å². The zero-order valence-electron chi connectivity index (χ0n) is 6.32. The fourth-order valence-corrected chi connectivity index (χ4v) is 0. The quantitative estimate of drug-likeness (QED) is 0.590. The molecule has 0 heterocycles. The summed E-state index contributed by atoms with van der Waals surface area (Å²) in [6.07, 6.45) is 0. The summed E-state index contributed by atoms with van der Waals surface area (Å²) in [6.45, 7) is 4.53. The number of Topliss-reactive ketones (excluding diaryl/α,β-unsaturated/α-hetero) is 1. The van der Waals surface area contributed by atoms with Gasteiger partial charge in [0.05, 0.1) is 0 Å². The van der Waals surface area contributed by atoms with Crippen LogP contribution < -0.4 is 5.32 Å². The van der Waals surface area contributed by atoms with E-state index in [1.54, 1.807) is 7.05 Å². The van der Waals surface area contributed by atoms with Crippen LogP contribution in [0.1, 0.15) is 35.6 Å². The molecular weight excluding hydrogens is 142 g/mol. The van der Waals surface area contributed by atoms with Crippen molar-refractivity contribution in [1.29, 1.82) is 0 Å². The average molecular weight is 163 g/mol. The summed E-state index contributed by atoms with van der Waals surface area (Å²) < 4.78 is 0. The highest BCUT2D eigenvalue weighted by atomic mass is 16.1. The van der Waals surface area contributed by atoms with E-state index in [1.807, 2.05) is 0 Å². The van der Waals surface area contributed by atoms with E-state index in [2.05, 4.69) is 5.32 Å². The molecule has 3 nitrogen and oxygen atoms in total. The Kier molecular flexibility index (Phi) is 32.8. The number of carbonyl (C=O) groups is 2. The largest absolute Gasteiger partial charge is 0.359 e. The Morgan fingerprint density at radius 2 is 1.09 bits per heavy atom. The molecule has 0 rings (SSSR count). The highest BCUT2D eigenvalue weighted by Crippen LogP contribution is 1.50. The van der Waals surface area contributed by atoms with Gasteiger partial charge >= 0.3 is 0 Å². The normalized spacial score (nSPS) is 5.45. The molecule has 0 aromatic heterocycles. The van der Waals surface area contributed by atoms with Crippen molar-refractivity contribution in [2.75, 3.05) is 7.05 Å². The molecule has 70 valence electrons. The van der Waals surface area contributed by atoms with E-state index in [0.29, 0.717) is 0 Å². The number of nitrogens with one attached hydrogen (secondary N) is 1. The van der Waals surface area contributed by atoms with Crippen LogP contribution in [0.5, 0.6) is 0 Å². The Labute approximate surface area is 70.2 Å². The van der Waals surface area contributed by atoms with E-state index in [4.69, 9.17) is 0 Å². The van der Waals surface area contributed by atoms with Crippen molar-refractivity contribution in [3.8, 4) is 0 Å². The molecule has 0 fully saturated rings. The fraction of sp³-hybridized carbons (Fsp3) is 0.750. The molecule has 0 aliphatic rings. The van der Waals surface area contributed by atoms with Gasteiger partial charge < -0.3 is 10.1 Å². The lowest BCUT2D eigenvalue weighted by atomic mass is 10.6. The Balaban J connectivity index is -0.0000000383. The highest BCUT2D eigenvalue weighted by molar-refractivity contribution is 5.72. The van der Waals surface area contributed by atoms with Crippen LogP contribution in [0.2, 0.25) is 0 Å². The van der Waals surface area contributed by atoms with Gasteiger partial charge in [0.25, 0.3) is 0 Å². The topological polar surface area (TPSA) is 46.2 Å².